The van der Waals surface area contributed by atoms with Gasteiger partial charge in [0.05, 0.1) is 6.04 Å². The molecule has 1 aliphatic carbocycles. The highest BCUT2D eigenvalue weighted by Crippen LogP contribution is 2.25. The predicted octanol–water partition coefficient (Wildman–Crippen LogP) is 4.24. The summed E-state index contributed by atoms with van der Waals surface area (Å²) in [6.45, 7) is 3.74. The van der Waals surface area contributed by atoms with Crippen molar-refractivity contribution in [2.24, 2.45) is 0 Å². The number of fused-ring (bicyclic) bond motifs is 2. The smallest absolute Gasteiger partial charge is 0.336 e. The van der Waals surface area contributed by atoms with Crippen molar-refractivity contribution < 1.29 is 13.9 Å². The standard InChI is InChI=1S/C24H25NO4/c1-15-11-24(27)29-22-13-20(9-10-21(15)22)28-14-23(26)25-16(2)18-8-7-17-5-3-4-6-19(17)12-18/h7-13,16H,3-6,14H2,1-2H3,(H,25,26)/t16-/m1/s1. The second-order valence-corrected chi connectivity index (χ2v) is 7.72. The first kappa shape index (κ1) is 19.2. The van der Waals surface area contributed by atoms with Gasteiger partial charge in [0, 0.05) is 17.5 Å². The number of nitrogens with one attached hydrogen (secondary N) is 1. The molecule has 0 saturated heterocycles. The molecule has 1 aliphatic rings. The van der Waals surface area contributed by atoms with Gasteiger partial charge in [0.25, 0.3) is 5.91 Å². The van der Waals surface area contributed by atoms with Crippen LogP contribution in [-0.2, 0) is 17.6 Å². The second-order valence-electron chi connectivity index (χ2n) is 7.72. The fourth-order valence-electron chi connectivity index (χ4n) is 3.93. The number of aryl methyl sites for hydroxylation is 3. The molecule has 1 N–H and O–H groups in total. The normalized spacial score (nSPS) is 14.3. The first-order chi connectivity index (χ1) is 14.0. The van der Waals surface area contributed by atoms with Crippen LogP contribution in [0, 0.1) is 6.92 Å². The molecule has 1 aromatic heterocycles. The zero-order chi connectivity index (χ0) is 20.4. The minimum Gasteiger partial charge on any atom is -0.484 e. The Balaban J connectivity index is 1.38. The van der Waals surface area contributed by atoms with Gasteiger partial charge in [0.1, 0.15) is 11.3 Å². The lowest BCUT2D eigenvalue weighted by Gasteiger charge is -2.20. The van der Waals surface area contributed by atoms with Gasteiger partial charge in [0.2, 0.25) is 0 Å². The summed E-state index contributed by atoms with van der Waals surface area (Å²) < 4.78 is 10.8. The lowest BCUT2D eigenvalue weighted by atomic mass is 9.89. The summed E-state index contributed by atoms with van der Waals surface area (Å²) >= 11 is 0. The van der Waals surface area contributed by atoms with Crippen LogP contribution < -0.4 is 15.7 Å². The number of ether oxygens (including phenoxy) is 1. The van der Waals surface area contributed by atoms with Crippen LogP contribution in [-0.4, -0.2) is 12.5 Å². The average Bonchev–Trinajstić information content (AvgIpc) is 2.71. The molecule has 5 nitrogen and oxygen atoms in total. The SMILES string of the molecule is Cc1cc(=O)oc2cc(OCC(=O)N[C@H](C)c3ccc4c(c3)CCCC4)ccc12. The minimum atomic E-state index is -0.399. The Labute approximate surface area is 169 Å². The van der Waals surface area contributed by atoms with E-state index in [1.807, 2.05) is 19.9 Å². The summed E-state index contributed by atoms with van der Waals surface area (Å²) in [5.74, 6) is 0.295. The topological polar surface area (TPSA) is 68.5 Å². The summed E-state index contributed by atoms with van der Waals surface area (Å²) in [7, 11) is 0. The number of carbonyl (C=O) groups excluding carboxylic acids is 1. The fraction of sp³-hybridized carbons (Fsp3) is 0.333. The molecule has 0 bridgehead atoms. The van der Waals surface area contributed by atoms with Gasteiger partial charge in [-0.1, -0.05) is 18.2 Å². The number of carbonyl (C=O) groups is 1. The van der Waals surface area contributed by atoms with E-state index < -0.39 is 5.63 Å². The Morgan fingerprint density at radius 2 is 1.90 bits per heavy atom. The van der Waals surface area contributed by atoms with Crippen molar-refractivity contribution in [3.05, 3.63) is 75.1 Å². The summed E-state index contributed by atoms with van der Waals surface area (Å²) in [5, 5.41) is 3.84. The maximum atomic E-state index is 12.4. The molecule has 0 radical (unpaired) electrons. The van der Waals surface area contributed by atoms with Crippen LogP contribution in [0.5, 0.6) is 5.75 Å². The Bertz CT molecular complexity index is 1120. The molecular formula is C24H25NO4. The van der Waals surface area contributed by atoms with Crippen molar-refractivity contribution >= 4 is 16.9 Å². The monoisotopic (exact) mass is 391 g/mol. The molecular weight excluding hydrogens is 366 g/mol. The fourth-order valence-corrected chi connectivity index (χ4v) is 3.93. The Morgan fingerprint density at radius 1 is 1.10 bits per heavy atom. The molecule has 0 unspecified atom stereocenters. The van der Waals surface area contributed by atoms with Crippen LogP contribution in [0.4, 0.5) is 0 Å². The summed E-state index contributed by atoms with van der Waals surface area (Å²) in [5.41, 5.74) is 4.85. The highest BCUT2D eigenvalue weighted by Gasteiger charge is 2.14. The first-order valence-electron chi connectivity index (χ1n) is 10.1. The van der Waals surface area contributed by atoms with Crippen molar-refractivity contribution in [3.63, 3.8) is 0 Å². The molecule has 1 atom stereocenters. The number of benzene rings is 2. The molecule has 0 spiro atoms. The van der Waals surface area contributed by atoms with Crippen molar-refractivity contribution in [1.82, 2.24) is 5.32 Å². The van der Waals surface area contributed by atoms with E-state index in [1.54, 1.807) is 12.1 Å². The molecule has 1 amide bonds. The van der Waals surface area contributed by atoms with Crippen LogP contribution in [0.15, 0.2) is 51.7 Å². The van der Waals surface area contributed by atoms with Crippen LogP contribution in [0.1, 0.15) is 48.1 Å². The summed E-state index contributed by atoms with van der Waals surface area (Å²) in [6.07, 6.45) is 4.75. The van der Waals surface area contributed by atoms with Crippen LogP contribution >= 0.6 is 0 Å². The Hall–Kier alpha value is -3.08. The first-order valence-corrected chi connectivity index (χ1v) is 10.1. The van der Waals surface area contributed by atoms with Gasteiger partial charge >= 0.3 is 5.63 Å². The number of rotatable bonds is 5. The Morgan fingerprint density at radius 3 is 2.72 bits per heavy atom. The lowest BCUT2D eigenvalue weighted by molar-refractivity contribution is -0.123. The molecule has 0 aliphatic heterocycles. The lowest BCUT2D eigenvalue weighted by Crippen LogP contribution is -2.31. The maximum Gasteiger partial charge on any atom is 0.336 e. The van der Waals surface area contributed by atoms with Crippen molar-refractivity contribution in [2.45, 2.75) is 45.6 Å². The number of amides is 1. The summed E-state index contributed by atoms with van der Waals surface area (Å²) in [6, 6.07) is 13.1. The third-order valence-corrected chi connectivity index (χ3v) is 5.54. The Kier molecular flexibility index (Phi) is 5.38. The average molecular weight is 391 g/mol. The maximum absolute atomic E-state index is 12.4. The van der Waals surface area contributed by atoms with Gasteiger partial charge < -0.3 is 14.5 Å². The van der Waals surface area contributed by atoms with Gasteiger partial charge in [-0.25, -0.2) is 4.79 Å². The van der Waals surface area contributed by atoms with E-state index in [1.165, 1.54) is 30.0 Å². The molecule has 3 aromatic rings. The van der Waals surface area contributed by atoms with Crippen molar-refractivity contribution in [1.29, 1.82) is 0 Å². The highest BCUT2D eigenvalue weighted by atomic mass is 16.5. The van der Waals surface area contributed by atoms with Crippen molar-refractivity contribution in [3.8, 4) is 5.75 Å². The third kappa shape index (κ3) is 4.34. The van der Waals surface area contributed by atoms with E-state index in [4.69, 9.17) is 9.15 Å². The quantitative estimate of drug-likeness (QED) is 0.661. The zero-order valence-electron chi connectivity index (χ0n) is 16.8. The molecule has 150 valence electrons. The van der Waals surface area contributed by atoms with Gasteiger partial charge in [-0.3, -0.25) is 4.79 Å². The largest absolute Gasteiger partial charge is 0.484 e. The minimum absolute atomic E-state index is 0.0874. The third-order valence-electron chi connectivity index (χ3n) is 5.54. The molecule has 0 fully saturated rings. The highest BCUT2D eigenvalue weighted by molar-refractivity contribution is 5.82. The van der Waals surface area contributed by atoms with E-state index in [2.05, 4.69) is 23.5 Å². The van der Waals surface area contributed by atoms with Crippen molar-refractivity contribution in [2.75, 3.05) is 6.61 Å². The van der Waals surface area contributed by atoms with E-state index in [0.717, 1.165) is 29.4 Å². The molecule has 4 rings (SSSR count). The van der Waals surface area contributed by atoms with Gasteiger partial charge in [-0.15, -0.1) is 0 Å². The molecule has 2 aromatic carbocycles. The van der Waals surface area contributed by atoms with E-state index in [0.29, 0.717) is 11.3 Å². The molecule has 1 heterocycles. The molecule has 0 saturated carbocycles. The predicted molar refractivity (Wildman–Crippen MR) is 112 cm³/mol. The van der Waals surface area contributed by atoms with E-state index in [9.17, 15) is 9.59 Å². The van der Waals surface area contributed by atoms with Gasteiger partial charge in [0.15, 0.2) is 6.61 Å². The van der Waals surface area contributed by atoms with Crippen LogP contribution in [0.25, 0.3) is 11.0 Å². The molecule has 29 heavy (non-hydrogen) atoms. The summed E-state index contributed by atoms with van der Waals surface area (Å²) in [4.78, 5) is 23.9. The zero-order valence-corrected chi connectivity index (χ0v) is 16.8. The van der Waals surface area contributed by atoms with E-state index >= 15 is 0 Å². The second kappa shape index (κ2) is 8.11. The number of hydrogen-bond acceptors (Lipinski definition) is 4. The molecule has 5 heteroatoms. The van der Waals surface area contributed by atoms with E-state index in [-0.39, 0.29) is 18.6 Å². The number of hydrogen-bond donors (Lipinski definition) is 1. The van der Waals surface area contributed by atoms with Gasteiger partial charge in [-0.2, -0.15) is 0 Å². The van der Waals surface area contributed by atoms with Gasteiger partial charge in [-0.05, 0) is 73.9 Å². The van der Waals surface area contributed by atoms with Crippen LogP contribution in [0.2, 0.25) is 0 Å². The van der Waals surface area contributed by atoms with Crippen LogP contribution in [0.3, 0.4) is 0 Å².